The SMILES string of the molecule is C=C(C)CC(C)(C)C[Si@@](C)(Oc1c(C)cccc1C)c1ccccc1. The van der Waals surface area contributed by atoms with Crippen molar-refractivity contribution < 1.29 is 4.43 Å². The van der Waals surface area contributed by atoms with Gasteiger partial charge in [-0.05, 0) is 61.5 Å². The van der Waals surface area contributed by atoms with Gasteiger partial charge in [0.25, 0.3) is 8.32 Å². The molecular formula is C23H32OSi. The van der Waals surface area contributed by atoms with Gasteiger partial charge in [0, 0.05) is 0 Å². The molecule has 2 rings (SSSR count). The number of allylic oxidation sites excluding steroid dienone is 1. The lowest BCUT2D eigenvalue weighted by atomic mass is 9.89. The summed E-state index contributed by atoms with van der Waals surface area (Å²) < 4.78 is 6.88. The Labute approximate surface area is 154 Å². The molecular weight excluding hydrogens is 320 g/mol. The molecule has 0 radical (unpaired) electrons. The topological polar surface area (TPSA) is 9.23 Å². The van der Waals surface area contributed by atoms with Gasteiger partial charge in [0.2, 0.25) is 0 Å². The second-order valence-corrected chi connectivity index (χ2v) is 12.0. The van der Waals surface area contributed by atoms with Crippen LogP contribution in [0.1, 0.15) is 38.3 Å². The summed E-state index contributed by atoms with van der Waals surface area (Å²) in [6.45, 7) is 17.6. The predicted octanol–water partition coefficient (Wildman–Crippen LogP) is 6.16. The van der Waals surface area contributed by atoms with E-state index in [0.717, 1.165) is 18.2 Å². The van der Waals surface area contributed by atoms with E-state index >= 15 is 0 Å². The molecule has 0 amide bonds. The highest BCUT2D eigenvalue weighted by Gasteiger charge is 2.40. The van der Waals surface area contributed by atoms with Gasteiger partial charge >= 0.3 is 0 Å². The first-order valence-corrected chi connectivity index (χ1v) is 11.7. The molecule has 0 unspecified atom stereocenters. The average Bonchev–Trinajstić information content (AvgIpc) is 2.50. The van der Waals surface area contributed by atoms with E-state index in [1.165, 1.54) is 21.9 Å². The molecule has 0 N–H and O–H groups in total. The Morgan fingerprint density at radius 3 is 2.08 bits per heavy atom. The van der Waals surface area contributed by atoms with Gasteiger partial charge in [-0.3, -0.25) is 0 Å². The highest BCUT2D eigenvalue weighted by molar-refractivity contribution is 6.86. The van der Waals surface area contributed by atoms with Crippen LogP contribution in [0.2, 0.25) is 12.6 Å². The second-order valence-electron chi connectivity index (χ2n) is 8.39. The van der Waals surface area contributed by atoms with Crippen LogP contribution in [-0.2, 0) is 0 Å². The van der Waals surface area contributed by atoms with Crippen LogP contribution in [0.5, 0.6) is 5.75 Å². The number of para-hydroxylation sites is 1. The van der Waals surface area contributed by atoms with E-state index in [1.807, 2.05) is 0 Å². The van der Waals surface area contributed by atoms with Gasteiger partial charge < -0.3 is 4.43 Å². The first-order chi connectivity index (χ1) is 11.6. The van der Waals surface area contributed by atoms with Crippen molar-refractivity contribution in [1.82, 2.24) is 0 Å². The molecule has 0 saturated heterocycles. The minimum absolute atomic E-state index is 0.166. The summed E-state index contributed by atoms with van der Waals surface area (Å²) in [7, 11) is -2.17. The van der Waals surface area contributed by atoms with E-state index in [4.69, 9.17) is 4.43 Å². The molecule has 2 aromatic carbocycles. The first-order valence-electron chi connectivity index (χ1n) is 9.08. The molecule has 2 aromatic rings. The zero-order valence-corrected chi connectivity index (χ0v) is 17.6. The lowest BCUT2D eigenvalue weighted by Gasteiger charge is -2.37. The zero-order valence-electron chi connectivity index (χ0n) is 16.6. The first kappa shape index (κ1) is 19.5. The number of hydrogen-bond acceptors (Lipinski definition) is 1. The van der Waals surface area contributed by atoms with E-state index in [1.54, 1.807) is 0 Å². The van der Waals surface area contributed by atoms with Crippen LogP contribution in [0, 0.1) is 19.3 Å². The Hall–Kier alpha value is -1.80. The molecule has 0 aliphatic heterocycles. The lowest BCUT2D eigenvalue weighted by molar-refractivity contribution is 0.384. The molecule has 0 fully saturated rings. The predicted molar refractivity (Wildman–Crippen MR) is 112 cm³/mol. The maximum Gasteiger partial charge on any atom is 0.280 e. The standard InChI is InChI=1S/C23H32OSi/c1-18(2)16-23(5,6)17-25(7,21-14-9-8-10-15-21)24-22-19(3)12-11-13-20(22)4/h8-15H,1,16-17H2,2-7H3/t25-/m1/s1. The van der Waals surface area contributed by atoms with Gasteiger partial charge in [-0.15, -0.1) is 6.58 Å². The second kappa shape index (κ2) is 7.61. The van der Waals surface area contributed by atoms with Crippen LogP contribution in [0.3, 0.4) is 0 Å². The number of hydrogen-bond donors (Lipinski definition) is 0. The summed E-state index contributed by atoms with van der Waals surface area (Å²) in [5.41, 5.74) is 3.83. The van der Waals surface area contributed by atoms with Crippen molar-refractivity contribution in [2.24, 2.45) is 5.41 Å². The van der Waals surface area contributed by atoms with Crippen molar-refractivity contribution >= 4 is 13.5 Å². The fraction of sp³-hybridized carbons (Fsp3) is 0.391. The number of rotatable bonds is 7. The van der Waals surface area contributed by atoms with Crippen molar-refractivity contribution in [3.63, 3.8) is 0 Å². The van der Waals surface area contributed by atoms with Crippen LogP contribution >= 0.6 is 0 Å². The van der Waals surface area contributed by atoms with Crippen molar-refractivity contribution in [2.75, 3.05) is 0 Å². The Kier molecular flexibility index (Phi) is 5.94. The van der Waals surface area contributed by atoms with Crippen LogP contribution in [0.25, 0.3) is 0 Å². The number of benzene rings is 2. The van der Waals surface area contributed by atoms with Gasteiger partial charge in [0.15, 0.2) is 0 Å². The average molecular weight is 353 g/mol. The molecule has 134 valence electrons. The van der Waals surface area contributed by atoms with Crippen LogP contribution in [0.4, 0.5) is 0 Å². The maximum absolute atomic E-state index is 6.88. The zero-order chi connectivity index (χ0) is 18.7. The molecule has 0 aliphatic carbocycles. The third-order valence-electron chi connectivity index (χ3n) is 4.72. The van der Waals surface area contributed by atoms with E-state index in [2.05, 4.69) is 96.3 Å². The fourth-order valence-corrected chi connectivity index (χ4v) is 7.98. The Bertz CT molecular complexity index is 713. The van der Waals surface area contributed by atoms with Gasteiger partial charge in [0.1, 0.15) is 5.75 Å². The van der Waals surface area contributed by atoms with E-state index in [0.29, 0.717) is 0 Å². The van der Waals surface area contributed by atoms with Crippen molar-refractivity contribution in [3.8, 4) is 5.75 Å². The minimum Gasteiger partial charge on any atom is -0.539 e. The lowest BCUT2D eigenvalue weighted by Crippen LogP contribution is -2.53. The quantitative estimate of drug-likeness (QED) is 0.428. The van der Waals surface area contributed by atoms with Crippen LogP contribution in [-0.4, -0.2) is 8.32 Å². The van der Waals surface area contributed by atoms with E-state index < -0.39 is 8.32 Å². The van der Waals surface area contributed by atoms with E-state index in [9.17, 15) is 0 Å². The van der Waals surface area contributed by atoms with E-state index in [-0.39, 0.29) is 5.41 Å². The summed E-state index contributed by atoms with van der Waals surface area (Å²) in [6.07, 6.45) is 1.03. The fourth-order valence-electron chi connectivity index (χ4n) is 3.97. The largest absolute Gasteiger partial charge is 0.539 e. The minimum atomic E-state index is -2.17. The smallest absolute Gasteiger partial charge is 0.280 e. The molecule has 1 nitrogen and oxygen atoms in total. The molecule has 0 saturated carbocycles. The molecule has 0 spiro atoms. The maximum atomic E-state index is 6.88. The van der Waals surface area contributed by atoms with Gasteiger partial charge in [-0.1, -0.05) is 68.0 Å². The molecule has 0 aromatic heterocycles. The van der Waals surface area contributed by atoms with Crippen molar-refractivity contribution in [3.05, 3.63) is 71.8 Å². The monoisotopic (exact) mass is 352 g/mol. The Balaban J connectivity index is 2.45. The highest BCUT2D eigenvalue weighted by Crippen LogP contribution is 2.36. The van der Waals surface area contributed by atoms with Gasteiger partial charge in [-0.2, -0.15) is 0 Å². The van der Waals surface area contributed by atoms with Gasteiger partial charge in [0.05, 0.1) is 0 Å². The van der Waals surface area contributed by atoms with Crippen LogP contribution < -0.4 is 9.61 Å². The molecule has 25 heavy (non-hydrogen) atoms. The third kappa shape index (κ3) is 5.09. The van der Waals surface area contributed by atoms with Crippen molar-refractivity contribution in [1.29, 1.82) is 0 Å². The number of aryl methyl sites for hydroxylation is 2. The third-order valence-corrected chi connectivity index (χ3v) is 8.56. The molecule has 0 bridgehead atoms. The molecule has 0 aliphatic rings. The van der Waals surface area contributed by atoms with Gasteiger partial charge in [-0.25, -0.2) is 0 Å². The summed E-state index contributed by atoms with van der Waals surface area (Å²) >= 11 is 0. The summed E-state index contributed by atoms with van der Waals surface area (Å²) in [5, 5.41) is 1.35. The molecule has 1 atom stereocenters. The normalized spacial score (nSPS) is 14.0. The molecule has 2 heteroatoms. The Morgan fingerprint density at radius 1 is 1.00 bits per heavy atom. The summed E-state index contributed by atoms with van der Waals surface area (Å²) in [4.78, 5) is 0. The summed E-state index contributed by atoms with van der Waals surface area (Å²) in [6, 6.07) is 18.2. The summed E-state index contributed by atoms with van der Waals surface area (Å²) in [5.74, 6) is 1.06. The van der Waals surface area contributed by atoms with Crippen molar-refractivity contribution in [2.45, 2.75) is 53.6 Å². The van der Waals surface area contributed by atoms with Crippen LogP contribution in [0.15, 0.2) is 60.7 Å². The molecule has 0 heterocycles. The highest BCUT2D eigenvalue weighted by atomic mass is 28.4. The Morgan fingerprint density at radius 2 is 1.56 bits per heavy atom.